The highest BCUT2D eigenvalue weighted by Gasteiger charge is 2.15. The van der Waals surface area contributed by atoms with Crippen LogP contribution in [0.2, 0.25) is 0 Å². The molecular weight excluding hydrogens is 128 g/mol. The molecule has 1 aliphatic rings. The Morgan fingerprint density at radius 1 is 1.50 bits per heavy atom. The molecule has 0 saturated heterocycles. The summed E-state index contributed by atoms with van der Waals surface area (Å²) in [4.78, 5) is 10.9. The minimum absolute atomic E-state index is 0.00949. The molecule has 0 unspecified atom stereocenters. The van der Waals surface area contributed by atoms with Crippen molar-refractivity contribution in [1.29, 1.82) is 5.41 Å². The van der Waals surface area contributed by atoms with Crippen molar-refractivity contribution < 1.29 is 4.79 Å². The fraction of sp³-hybridized carbons (Fsp3) is 0.429. The van der Waals surface area contributed by atoms with Crippen LogP contribution in [0.15, 0.2) is 11.3 Å². The van der Waals surface area contributed by atoms with Crippen molar-refractivity contribution in [1.82, 2.24) is 0 Å². The van der Waals surface area contributed by atoms with Crippen LogP contribution in [-0.2, 0) is 4.79 Å². The summed E-state index contributed by atoms with van der Waals surface area (Å²) in [5.74, 6) is -0.00949. The largest absolute Gasteiger partial charge is 0.396 e. The summed E-state index contributed by atoms with van der Waals surface area (Å²) in [6.07, 6.45) is 3.33. The maximum atomic E-state index is 10.9. The van der Waals surface area contributed by atoms with Crippen LogP contribution in [0, 0.1) is 5.41 Å². The molecule has 3 N–H and O–H groups in total. The van der Waals surface area contributed by atoms with Crippen molar-refractivity contribution in [2.75, 3.05) is 0 Å². The summed E-state index contributed by atoms with van der Waals surface area (Å²) >= 11 is 0. The second-order valence-corrected chi connectivity index (χ2v) is 2.36. The van der Waals surface area contributed by atoms with Crippen LogP contribution in [0.25, 0.3) is 0 Å². The second kappa shape index (κ2) is 2.64. The number of nitrogens with one attached hydrogen (secondary N) is 1. The molecule has 0 saturated carbocycles. The van der Waals surface area contributed by atoms with E-state index in [1.165, 1.54) is 6.21 Å². The van der Waals surface area contributed by atoms with Gasteiger partial charge in [0.1, 0.15) is 0 Å². The van der Waals surface area contributed by atoms with Gasteiger partial charge in [-0.3, -0.25) is 4.79 Å². The Morgan fingerprint density at radius 2 is 2.20 bits per heavy atom. The number of nitrogens with two attached hydrogens (primary N) is 1. The Morgan fingerprint density at radius 3 is 2.70 bits per heavy atom. The van der Waals surface area contributed by atoms with E-state index in [2.05, 4.69) is 0 Å². The van der Waals surface area contributed by atoms with Crippen LogP contribution in [0.5, 0.6) is 0 Å². The number of carbonyl (C=O) groups is 1. The molecule has 0 aliphatic heterocycles. The van der Waals surface area contributed by atoms with E-state index in [4.69, 9.17) is 11.1 Å². The molecule has 1 rings (SSSR count). The van der Waals surface area contributed by atoms with Crippen molar-refractivity contribution in [2.24, 2.45) is 5.73 Å². The predicted octanol–water partition coefficient (Wildman–Crippen LogP) is 0.602. The number of hydrogen-bond acceptors (Lipinski definition) is 3. The summed E-state index contributed by atoms with van der Waals surface area (Å²) in [6.45, 7) is 0. The zero-order chi connectivity index (χ0) is 7.56. The zero-order valence-electron chi connectivity index (χ0n) is 5.68. The van der Waals surface area contributed by atoms with Gasteiger partial charge in [-0.05, 0) is 18.4 Å². The lowest BCUT2D eigenvalue weighted by molar-refractivity contribution is -0.116. The van der Waals surface area contributed by atoms with Gasteiger partial charge in [0.15, 0.2) is 5.78 Å². The van der Waals surface area contributed by atoms with Gasteiger partial charge in [-0.1, -0.05) is 0 Å². The highest BCUT2D eigenvalue weighted by atomic mass is 16.1. The van der Waals surface area contributed by atoms with Crippen LogP contribution in [0.1, 0.15) is 19.3 Å². The molecular formula is C7H10N2O. The van der Waals surface area contributed by atoms with Crippen LogP contribution >= 0.6 is 0 Å². The lowest BCUT2D eigenvalue weighted by Crippen LogP contribution is -2.18. The first-order chi connectivity index (χ1) is 4.75. The van der Waals surface area contributed by atoms with Crippen LogP contribution in [0.4, 0.5) is 0 Å². The monoisotopic (exact) mass is 138 g/mol. The van der Waals surface area contributed by atoms with Gasteiger partial charge in [-0.2, -0.15) is 0 Å². The molecule has 0 spiro atoms. The predicted molar refractivity (Wildman–Crippen MR) is 38.9 cm³/mol. The summed E-state index contributed by atoms with van der Waals surface area (Å²) in [6, 6.07) is 0. The molecule has 0 fully saturated rings. The van der Waals surface area contributed by atoms with Crippen LogP contribution in [0.3, 0.4) is 0 Å². The van der Waals surface area contributed by atoms with Gasteiger partial charge in [-0.25, -0.2) is 0 Å². The normalized spacial score (nSPS) is 19.4. The number of carbonyl (C=O) groups excluding carboxylic acids is 1. The van der Waals surface area contributed by atoms with Gasteiger partial charge >= 0.3 is 0 Å². The van der Waals surface area contributed by atoms with E-state index < -0.39 is 0 Å². The summed E-state index contributed by atoms with van der Waals surface area (Å²) in [5.41, 5.74) is 6.40. The summed E-state index contributed by atoms with van der Waals surface area (Å²) in [7, 11) is 0. The molecule has 54 valence electrons. The topological polar surface area (TPSA) is 66.9 Å². The minimum atomic E-state index is -0.00949. The third-order valence-corrected chi connectivity index (χ3v) is 1.67. The van der Waals surface area contributed by atoms with Gasteiger partial charge in [0.05, 0.1) is 5.70 Å². The number of ketones is 1. The van der Waals surface area contributed by atoms with Gasteiger partial charge in [0.25, 0.3) is 0 Å². The standard InChI is InChI=1S/C7H10N2O/c8-4-5-2-1-3-6(10)7(5)9/h4,8H,1-3,9H2. The quantitative estimate of drug-likeness (QED) is 0.521. The molecule has 3 heteroatoms. The van der Waals surface area contributed by atoms with Crippen LogP contribution in [-0.4, -0.2) is 12.0 Å². The molecule has 0 aromatic carbocycles. The van der Waals surface area contributed by atoms with Gasteiger partial charge in [-0.15, -0.1) is 0 Å². The number of rotatable bonds is 1. The minimum Gasteiger partial charge on any atom is -0.396 e. The van der Waals surface area contributed by atoms with Crippen LogP contribution < -0.4 is 5.73 Å². The Labute approximate surface area is 59.4 Å². The average Bonchev–Trinajstić information content (AvgIpc) is 1.95. The second-order valence-electron chi connectivity index (χ2n) is 2.36. The van der Waals surface area contributed by atoms with Crippen molar-refractivity contribution in [3.05, 3.63) is 11.3 Å². The van der Waals surface area contributed by atoms with E-state index in [9.17, 15) is 4.79 Å². The van der Waals surface area contributed by atoms with Crippen molar-refractivity contribution >= 4 is 12.0 Å². The van der Waals surface area contributed by atoms with E-state index in [-0.39, 0.29) is 5.78 Å². The number of Topliss-reactive ketones (excluding diaryl/α,β-unsaturated/α-hetero) is 1. The smallest absolute Gasteiger partial charge is 0.178 e. The van der Waals surface area contributed by atoms with Crippen molar-refractivity contribution in [3.63, 3.8) is 0 Å². The Balaban J connectivity index is 2.92. The van der Waals surface area contributed by atoms with E-state index in [0.717, 1.165) is 12.8 Å². The highest BCUT2D eigenvalue weighted by molar-refractivity contribution is 6.01. The number of allylic oxidation sites excluding steroid dienone is 2. The van der Waals surface area contributed by atoms with E-state index in [1.54, 1.807) is 0 Å². The maximum Gasteiger partial charge on any atom is 0.178 e. The SMILES string of the molecule is N=CC1=C(N)C(=O)CCC1. The van der Waals surface area contributed by atoms with E-state index >= 15 is 0 Å². The molecule has 0 aromatic rings. The van der Waals surface area contributed by atoms with E-state index in [1.807, 2.05) is 0 Å². The zero-order valence-corrected chi connectivity index (χ0v) is 5.68. The Kier molecular flexibility index (Phi) is 1.85. The molecule has 0 radical (unpaired) electrons. The Hall–Kier alpha value is -1.12. The molecule has 0 bridgehead atoms. The molecule has 0 amide bonds. The Bertz CT molecular complexity index is 206. The van der Waals surface area contributed by atoms with Crippen molar-refractivity contribution in [3.8, 4) is 0 Å². The average molecular weight is 138 g/mol. The first kappa shape index (κ1) is 6.99. The lowest BCUT2D eigenvalue weighted by Gasteiger charge is -2.11. The third-order valence-electron chi connectivity index (χ3n) is 1.67. The molecule has 0 atom stereocenters. The molecule has 1 aliphatic carbocycles. The van der Waals surface area contributed by atoms with Crippen molar-refractivity contribution in [2.45, 2.75) is 19.3 Å². The molecule has 0 heterocycles. The first-order valence-electron chi connectivity index (χ1n) is 3.28. The third kappa shape index (κ3) is 1.07. The molecule has 3 nitrogen and oxygen atoms in total. The fourth-order valence-electron chi connectivity index (χ4n) is 1.04. The fourth-order valence-corrected chi connectivity index (χ4v) is 1.04. The maximum absolute atomic E-state index is 10.9. The van der Waals surface area contributed by atoms with Gasteiger partial charge < -0.3 is 11.1 Å². The summed E-state index contributed by atoms with van der Waals surface area (Å²) < 4.78 is 0. The van der Waals surface area contributed by atoms with Gasteiger partial charge in [0, 0.05) is 12.6 Å². The van der Waals surface area contributed by atoms with Gasteiger partial charge in [0.2, 0.25) is 0 Å². The first-order valence-corrected chi connectivity index (χ1v) is 3.28. The van der Waals surface area contributed by atoms with E-state index in [0.29, 0.717) is 17.7 Å². The lowest BCUT2D eigenvalue weighted by atomic mass is 9.96. The number of hydrogen-bond donors (Lipinski definition) is 2. The summed E-state index contributed by atoms with van der Waals surface area (Å²) in [5, 5.41) is 6.90. The highest BCUT2D eigenvalue weighted by Crippen LogP contribution is 2.16. The molecule has 0 aromatic heterocycles. The molecule has 10 heavy (non-hydrogen) atoms.